The Morgan fingerprint density at radius 3 is 3.05 bits per heavy atom. The summed E-state index contributed by atoms with van der Waals surface area (Å²) in [5, 5.41) is 7.05. The van der Waals surface area contributed by atoms with Gasteiger partial charge in [0, 0.05) is 23.9 Å². The van der Waals surface area contributed by atoms with Crippen LogP contribution in [0.3, 0.4) is 0 Å². The van der Waals surface area contributed by atoms with Crippen LogP contribution in [-0.2, 0) is 9.53 Å². The zero-order chi connectivity index (χ0) is 15.3. The number of amides is 1. The SMILES string of the molecule is Cc1ccc(-c2cc(C(=O)N3C[C@@H]4COC(=O)[C@@H]4C3)n[nH]2)s1. The Labute approximate surface area is 131 Å². The van der Waals surface area contributed by atoms with Crippen LogP contribution in [0.2, 0.25) is 0 Å². The molecule has 2 atom stereocenters. The van der Waals surface area contributed by atoms with Gasteiger partial charge < -0.3 is 9.64 Å². The molecule has 2 fully saturated rings. The molecule has 2 saturated heterocycles. The molecule has 0 saturated carbocycles. The van der Waals surface area contributed by atoms with E-state index in [0.29, 0.717) is 25.4 Å². The van der Waals surface area contributed by atoms with Crippen molar-refractivity contribution in [1.29, 1.82) is 0 Å². The molecule has 0 radical (unpaired) electrons. The molecule has 0 bridgehead atoms. The third-order valence-electron chi connectivity index (χ3n) is 4.27. The Bertz CT molecular complexity index is 751. The number of aromatic amines is 1. The molecule has 114 valence electrons. The quantitative estimate of drug-likeness (QED) is 0.855. The van der Waals surface area contributed by atoms with Gasteiger partial charge in [0.2, 0.25) is 0 Å². The van der Waals surface area contributed by atoms with E-state index in [1.165, 1.54) is 4.88 Å². The molecule has 2 aliphatic rings. The van der Waals surface area contributed by atoms with E-state index in [1.54, 1.807) is 22.3 Å². The number of aryl methyl sites for hydroxylation is 1. The number of rotatable bonds is 2. The number of esters is 1. The van der Waals surface area contributed by atoms with Gasteiger partial charge in [-0.05, 0) is 25.1 Å². The van der Waals surface area contributed by atoms with Gasteiger partial charge in [-0.15, -0.1) is 11.3 Å². The summed E-state index contributed by atoms with van der Waals surface area (Å²) in [6.07, 6.45) is 0. The number of likely N-dealkylation sites (tertiary alicyclic amines) is 1. The number of hydrogen-bond donors (Lipinski definition) is 1. The van der Waals surface area contributed by atoms with Crippen LogP contribution in [0.4, 0.5) is 0 Å². The highest BCUT2D eigenvalue weighted by Gasteiger charge is 2.45. The number of thiophene rings is 1. The maximum Gasteiger partial charge on any atom is 0.311 e. The van der Waals surface area contributed by atoms with Crippen LogP contribution in [0, 0.1) is 18.8 Å². The van der Waals surface area contributed by atoms with Crippen molar-refractivity contribution >= 4 is 23.2 Å². The monoisotopic (exact) mass is 317 g/mol. The van der Waals surface area contributed by atoms with Crippen molar-refractivity contribution in [2.75, 3.05) is 19.7 Å². The summed E-state index contributed by atoms with van der Waals surface area (Å²) in [5.41, 5.74) is 1.25. The van der Waals surface area contributed by atoms with Crippen molar-refractivity contribution in [2.45, 2.75) is 6.92 Å². The van der Waals surface area contributed by atoms with Crippen LogP contribution in [0.1, 0.15) is 15.4 Å². The van der Waals surface area contributed by atoms with E-state index < -0.39 is 0 Å². The first-order valence-corrected chi connectivity index (χ1v) is 8.01. The van der Waals surface area contributed by atoms with Gasteiger partial charge in [0.05, 0.1) is 23.1 Å². The van der Waals surface area contributed by atoms with E-state index >= 15 is 0 Å². The number of carbonyl (C=O) groups is 2. The minimum absolute atomic E-state index is 0.127. The summed E-state index contributed by atoms with van der Waals surface area (Å²) in [6.45, 7) is 3.46. The fourth-order valence-electron chi connectivity index (χ4n) is 3.07. The fraction of sp³-hybridized carbons (Fsp3) is 0.400. The standard InChI is InChI=1S/C15H15N3O3S/c1-8-2-3-13(22-8)11-4-12(17-16-11)14(19)18-5-9-7-21-15(20)10(9)6-18/h2-4,9-10H,5-7H2,1H3,(H,16,17)/t9-,10-/m1/s1. The van der Waals surface area contributed by atoms with Crippen molar-refractivity contribution in [1.82, 2.24) is 15.1 Å². The van der Waals surface area contributed by atoms with Gasteiger partial charge in [-0.25, -0.2) is 0 Å². The zero-order valence-corrected chi connectivity index (χ0v) is 12.9. The lowest BCUT2D eigenvalue weighted by molar-refractivity contribution is -0.141. The summed E-state index contributed by atoms with van der Waals surface area (Å²) in [4.78, 5) is 28.1. The molecule has 4 heterocycles. The highest BCUT2D eigenvalue weighted by molar-refractivity contribution is 7.15. The summed E-state index contributed by atoms with van der Waals surface area (Å²) < 4.78 is 5.02. The van der Waals surface area contributed by atoms with E-state index in [9.17, 15) is 9.59 Å². The highest BCUT2D eigenvalue weighted by Crippen LogP contribution is 2.31. The lowest BCUT2D eigenvalue weighted by Crippen LogP contribution is -2.31. The summed E-state index contributed by atoms with van der Waals surface area (Å²) >= 11 is 1.65. The molecule has 1 N–H and O–H groups in total. The first-order chi connectivity index (χ1) is 10.6. The lowest BCUT2D eigenvalue weighted by atomic mass is 10.0. The van der Waals surface area contributed by atoms with E-state index in [1.807, 2.05) is 19.1 Å². The lowest BCUT2D eigenvalue weighted by Gasteiger charge is -2.15. The Morgan fingerprint density at radius 2 is 2.32 bits per heavy atom. The second-order valence-corrected chi connectivity index (χ2v) is 7.07. The predicted octanol–water partition coefficient (Wildman–Crippen LogP) is 1.69. The van der Waals surface area contributed by atoms with Gasteiger partial charge in [-0.2, -0.15) is 5.10 Å². The van der Waals surface area contributed by atoms with Crippen molar-refractivity contribution in [2.24, 2.45) is 11.8 Å². The van der Waals surface area contributed by atoms with Gasteiger partial charge in [-0.1, -0.05) is 0 Å². The van der Waals surface area contributed by atoms with Crippen LogP contribution in [0.5, 0.6) is 0 Å². The first kappa shape index (κ1) is 13.5. The van der Waals surface area contributed by atoms with Crippen molar-refractivity contribution in [3.63, 3.8) is 0 Å². The van der Waals surface area contributed by atoms with Crippen LogP contribution in [0.25, 0.3) is 10.6 Å². The van der Waals surface area contributed by atoms with Crippen molar-refractivity contribution in [3.05, 3.63) is 28.8 Å². The Morgan fingerprint density at radius 1 is 1.45 bits per heavy atom. The Balaban J connectivity index is 1.52. The molecule has 1 amide bonds. The average Bonchev–Trinajstić information content (AvgIpc) is 3.23. The number of H-pyrrole nitrogens is 1. The second kappa shape index (κ2) is 4.95. The number of ether oxygens (including phenoxy) is 1. The smallest absolute Gasteiger partial charge is 0.311 e. The molecule has 6 nitrogen and oxygen atoms in total. The van der Waals surface area contributed by atoms with Crippen molar-refractivity contribution < 1.29 is 14.3 Å². The average molecular weight is 317 g/mol. The number of fused-ring (bicyclic) bond motifs is 1. The highest BCUT2D eigenvalue weighted by atomic mass is 32.1. The number of hydrogen-bond acceptors (Lipinski definition) is 5. The summed E-state index contributed by atoms with van der Waals surface area (Å²) in [7, 11) is 0. The number of carbonyl (C=O) groups excluding carboxylic acids is 2. The van der Waals surface area contributed by atoms with Gasteiger partial charge in [0.15, 0.2) is 5.69 Å². The number of cyclic esters (lactones) is 1. The molecule has 7 heteroatoms. The van der Waals surface area contributed by atoms with Crippen LogP contribution in [-0.4, -0.2) is 46.7 Å². The molecule has 4 rings (SSSR count). The van der Waals surface area contributed by atoms with Gasteiger partial charge >= 0.3 is 5.97 Å². The maximum absolute atomic E-state index is 12.5. The molecule has 0 unspecified atom stereocenters. The number of nitrogens with zero attached hydrogens (tertiary/aromatic N) is 2. The Kier molecular flexibility index (Phi) is 3.04. The molecule has 0 aliphatic carbocycles. The summed E-state index contributed by atoms with van der Waals surface area (Å²) in [5.74, 6) is -0.341. The van der Waals surface area contributed by atoms with E-state index in [0.717, 1.165) is 10.6 Å². The van der Waals surface area contributed by atoms with Crippen LogP contribution >= 0.6 is 11.3 Å². The zero-order valence-electron chi connectivity index (χ0n) is 12.0. The molecular formula is C15H15N3O3S. The molecule has 2 aromatic heterocycles. The Hall–Kier alpha value is -2.15. The molecule has 2 aliphatic heterocycles. The van der Waals surface area contributed by atoms with Gasteiger partial charge in [0.25, 0.3) is 5.91 Å². The largest absolute Gasteiger partial charge is 0.465 e. The minimum Gasteiger partial charge on any atom is -0.465 e. The number of nitrogens with one attached hydrogen (secondary N) is 1. The van der Waals surface area contributed by atoms with Crippen LogP contribution < -0.4 is 0 Å². The van der Waals surface area contributed by atoms with Gasteiger partial charge in [0.1, 0.15) is 0 Å². The predicted molar refractivity (Wildman–Crippen MR) is 80.5 cm³/mol. The third kappa shape index (κ3) is 2.12. The summed E-state index contributed by atoms with van der Waals surface area (Å²) in [6, 6.07) is 5.83. The number of aromatic nitrogens is 2. The first-order valence-electron chi connectivity index (χ1n) is 7.20. The maximum atomic E-state index is 12.5. The minimum atomic E-state index is -0.183. The third-order valence-corrected chi connectivity index (χ3v) is 5.31. The molecule has 22 heavy (non-hydrogen) atoms. The van der Waals surface area contributed by atoms with E-state index in [2.05, 4.69) is 10.2 Å². The molecule has 0 spiro atoms. The second-order valence-electron chi connectivity index (χ2n) is 5.78. The topological polar surface area (TPSA) is 75.3 Å². The molecular weight excluding hydrogens is 302 g/mol. The fourth-order valence-corrected chi connectivity index (χ4v) is 3.90. The van der Waals surface area contributed by atoms with E-state index in [-0.39, 0.29) is 23.7 Å². The van der Waals surface area contributed by atoms with Crippen molar-refractivity contribution in [3.8, 4) is 10.6 Å². The van der Waals surface area contributed by atoms with Gasteiger partial charge in [-0.3, -0.25) is 14.7 Å². The normalized spacial score (nSPS) is 23.7. The molecule has 0 aromatic carbocycles. The van der Waals surface area contributed by atoms with E-state index in [4.69, 9.17) is 4.74 Å². The molecule has 2 aromatic rings. The van der Waals surface area contributed by atoms with Crippen LogP contribution in [0.15, 0.2) is 18.2 Å².